The molecule has 1 saturated heterocycles. The molecule has 2 heterocycles. The standard InChI is InChI=1S/C15H24N4O2/c1-3-16-13(15(20)21-2)12-18-8-10-19(11-9-18)14-6-4-5-7-17-14/h4-7,13,16H,3,8-12H2,1-2H3. The first-order valence-corrected chi connectivity index (χ1v) is 7.44. The summed E-state index contributed by atoms with van der Waals surface area (Å²) >= 11 is 0. The number of anilines is 1. The summed E-state index contributed by atoms with van der Waals surface area (Å²) in [5.74, 6) is 0.831. The number of piperazine rings is 1. The molecule has 6 heteroatoms. The first kappa shape index (κ1) is 15.7. The zero-order chi connectivity index (χ0) is 15.1. The Morgan fingerprint density at radius 1 is 1.38 bits per heavy atom. The van der Waals surface area contributed by atoms with Crippen molar-refractivity contribution in [1.82, 2.24) is 15.2 Å². The number of nitrogens with one attached hydrogen (secondary N) is 1. The molecule has 1 aliphatic heterocycles. The number of rotatable bonds is 6. The molecule has 0 radical (unpaired) electrons. The average molecular weight is 292 g/mol. The van der Waals surface area contributed by atoms with Crippen molar-refractivity contribution in [1.29, 1.82) is 0 Å². The number of methoxy groups -OCH3 is 1. The minimum Gasteiger partial charge on any atom is -0.468 e. The Balaban J connectivity index is 1.84. The number of esters is 1. The molecule has 1 fully saturated rings. The number of carbonyl (C=O) groups is 1. The van der Waals surface area contributed by atoms with Gasteiger partial charge in [-0.3, -0.25) is 9.69 Å². The quantitative estimate of drug-likeness (QED) is 0.764. The van der Waals surface area contributed by atoms with Crippen LogP contribution >= 0.6 is 0 Å². The molecule has 0 saturated carbocycles. The summed E-state index contributed by atoms with van der Waals surface area (Å²) in [4.78, 5) is 20.7. The third-order valence-corrected chi connectivity index (χ3v) is 3.72. The molecule has 1 aliphatic rings. The molecule has 1 aromatic rings. The molecule has 1 N–H and O–H groups in total. The van der Waals surface area contributed by atoms with E-state index < -0.39 is 0 Å². The smallest absolute Gasteiger partial charge is 0.324 e. The van der Waals surface area contributed by atoms with Crippen LogP contribution in [0.15, 0.2) is 24.4 Å². The molecule has 0 aromatic carbocycles. The normalized spacial score (nSPS) is 17.5. The van der Waals surface area contributed by atoms with Gasteiger partial charge in [0.2, 0.25) is 0 Å². The summed E-state index contributed by atoms with van der Waals surface area (Å²) in [7, 11) is 1.44. The van der Waals surface area contributed by atoms with Crippen molar-refractivity contribution in [2.75, 3.05) is 51.3 Å². The molecular weight excluding hydrogens is 268 g/mol. The van der Waals surface area contributed by atoms with Gasteiger partial charge < -0.3 is 15.0 Å². The van der Waals surface area contributed by atoms with E-state index in [9.17, 15) is 4.79 Å². The number of hydrogen-bond donors (Lipinski definition) is 1. The van der Waals surface area contributed by atoms with Crippen LogP contribution < -0.4 is 10.2 Å². The van der Waals surface area contributed by atoms with Crippen molar-refractivity contribution in [3.63, 3.8) is 0 Å². The van der Waals surface area contributed by atoms with Gasteiger partial charge in [-0.2, -0.15) is 0 Å². The summed E-state index contributed by atoms with van der Waals surface area (Å²) in [5.41, 5.74) is 0. The molecule has 0 amide bonds. The molecule has 1 aromatic heterocycles. The third-order valence-electron chi connectivity index (χ3n) is 3.72. The van der Waals surface area contributed by atoms with E-state index in [1.54, 1.807) is 0 Å². The predicted octanol–water partition coefficient (Wildman–Crippen LogP) is 0.355. The summed E-state index contributed by atoms with van der Waals surface area (Å²) in [6, 6.07) is 5.72. The van der Waals surface area contributed by atoms with Crippen LogP contribution in [-0.4, -0.2) is 68.3 Å². The minimum atomic E-state index is -0.249. The highest BCUT2D eigenvalue weighted by molar-refractivity contribution is 5.75. The van der Waals surface area contributed by atoms with Crippen molar-refractivity contribution >= 4 is 11.8 Å². The Bertz CT molecular complexity index is 433. The van der Waals surface area contributed by atoms with Crippen LogP contribution in [0, 0.1) is 0 Å². The number of likely N-dealkylation sites (N-methyl/N-ethyl adjacent to an activating group) is 1. The lowest BCUT2D eigenvalue weighted by Crippen LogP contribution is -2.53. The molecule has 1 unspecified atom stereocenters. The molecule has 116 valence electrons. The van der Waals surface area contributed by atoms with E-state index in [0.29, 0.717) is 6.54 Å². The average Bonchev–Trinajstić information content (AvgIpc) is 2.55. The SMILES string of the molecule is CCNC(CN1CCN(c2ccccn2)CC1)C(=O)OC. The fourth-order valence-electron chi connectivity index (χ4n) is 2.57. The van der Waals surface area contributed by atoms with Crippen LogP contribution in [0.2, 0.25) is 0 Å². The van der Waals surface area contributed by atoms with Crippen molar-refractivity contribution < 1.29 is 9.53 Å². The highest BCUT2D eigenvalue weighted by atomic mass is 16.5. The molecule has 21 heavy (non-hydrogen) atoms. The van der Waals surface area contributed by atoms with Gasteiger partial charge in [-0.15, -0.1) is 0 Å². The van der Waals surface area contributed by atoms with Crippen LogP contribution in [0.25, 0.3) is 0 Å². The second kappa shape index (κ2) is 7.95. The Morgan fingerprint density at radius 2 is 2.14 bits per heavy atom. The second-order valence-electron chi connectivity index (χ2n) is 5.11. The first-order chi connectivity index (χ1) is 10.2. The number of pyridine rings is 1. The van der Waals surface area contributed by atoms with Crippen molar-refractivity contribution in [3.8, 4) is 0 Å². The van der Waals surface area contributed by atoms with Crippen LogP contribution in [0.3, 0.4) is 0 Å². The maximum Gasteiger partial charge on any atom is 0.324 e. The van der Waals surface area contributed by atoms with E-state index in [2.05, 4.69) is 20.1 Å². The number of aromatic nitrogens is 1. The number of nitrogens with zero attached hydrogens (tertiary/aromatic N) is 3. The van der Waals surface area contributed by atoms with Crippen molar-refractivity contribution in [2.24, 2.45) is 0 Å². The van der Waals surface area contributed by atoms with E-state index >= 15 is 0 Å². The van der Waals surface area contributed by atoms with Crippen LogP contribution in [0.4, 0.5) is 5.82 Å². The highest BCUT2D eigenvalue weighted by Crippen LogP contribution is 2.12. The maximum absolute atomic E-state index is 11.7. The molecule has 2 rings (SSSR count). The third kappa shape index (κ3) is 4.41. The first-order valence-electron chi connectivity index (χ1n) is 7.44. The van der Waals surface area contributed by atoms with Gasteiger partial charge in [0.15, 0.2) is 0 Å². The Morgan fingerprint density at radius 3 is 2.71 bits per heavy atom. The lowest BCUT2D eigenvalue weighted by Gasteiger charge is -2.36. The van der Waals surface area contributed by atoms with Gasteiger partial charge in [0.1, 0.15) is 11.9 Å². The summed E-state index contributed by atoms with van der Waals surface area (Å²) in [5, 5.41) is 3.18. The fraction of sp³-hybridized carbons (Fsp3) is 0.600. The predicted molar refractivity (Wildman–Crippen MR) is 82.4 cm³/mol. The molecule has 0 spiro atoms. The molecule has 0 aliphatic carbocycles. The topological polar surface area (TPSA) is 57.7 Å². The van der Waals surface area contributed by atoms with E-state index in [1.165, 1.54) is 7.11 Å². The van der Waals surface area contributed by atoms with Crippen LogP contribution in [0.5, 0.6) is 0 Å². The van der Waals surface area contributed by atoms with Crippen LogP contribution in [0.1, 0.15) is 6.92 Å². The monoisotopic (exact) mass is 292 g/mol. The summed E-state index contributed by atoms with van der Waals surface area (Å²) in [6.07, 6.45) is 1.82. The van der Waals surface area contributed by atoms with E-state index in [4.69, 9.17) is 4.74 Å². The van der Waals surface area contributed by atoms with Gasteiger partial charge in [0.25, 0.3) is 0 Å². The minimum absolute atomic E-state index is 0.191. The summed E-state index contributed by atoms with van der Waals surface area (Å²) in [6.45, 7) is 7.15. The van der Waals surface area contributed by atoms with Crippen molar-refractivity contribution in [2.45, 2.75) is 13.0 Å². The lowest BCUT2D eigenvalue weighted by molar-refractivity contribution is -0.143. The van der Waals surface area contributed by atoms with Gasteiger partial charge >= 0.3 is 5.97 Å². The van der Waals surface area contributed by atoms with Gasteiger partial charge in [0, 0.05) is 38.9 Å². The van der Waals surface area contributed by atoms with E-state index in [0.717, 1.165) is 38.5 Å². The Hall–Kier alpha value is -1.66. The van der Waals surface area contributed by atoms with E-state index in [1.807, 2.05) is 31.3 Å². The Labute approximate surface area is 126 Å². The number of ether oxygens (including phenoxy) is 1. The molecule has 1 atom stereocenters. The molecular formula is C15H24N4O2. The number of carbonyl (C=O) groups excluding carboxylic acids is 1. The summed E-state index contributed by atoms with van der Waals surface area (Å²) < 4.78 is 4.85. The zero-order valence-electron chi connectivity index (χ0n) is 12.8. The highest BCUT2D eigenvalue weighted by Gasteiger charge is 2.24. The van der Waals surface area contributed by atoms with E-state index in [-0.39, 0.29) is 12.0 Å². The van der Waals surface area contributed by atoms with Crippen molar-refractivity contribution in [3.05, 3.63) is 24.4 Å². The zero-order valence-corrected chi connectivity index (χ0v) is 12.8. The second-order valence-corrected chi connectivity index (χ2v) is 5.11. The van der Waals surface area contributed by atoms with Crippen LogP contribution in [-0.2, 0) is 9.53 Å². The van der Waals surface area contributed by atoms with Gasteiger partial charge in [-0.05, 0) is 18.7 Å². The Kier molecular flexibility index (Phi) is 5.95. The molecule has 6 nitrogen and oxygen atoms in total. The molecule has 0 bridgehead atoms. The fourth-order valence-corrected chi connectivity index (χ4v) is 2.57. The lowest BCUT2D eigenvalue weighted by atomic mass is 10.2. The maximum atomic E-state index is 11.7. The van der Waals surface area contributed by atoms with Gasteiger partial charge in [-0.1, -0.05) is 13.0 Å². The largest absolute Gasteiger partial charge is 0.468 e. The van der Waals surface area contributed by atoms with Gasteiger partial charge in [0.05, 0.1) is 7.11 Å². The van der Waals surface area contributed by atoms with Gasteiger partial charge in [-0.25, -0.2) is 4.98 Å². The number of hydrogen-bond acceptors (Lipinski definition) is 6.